The average molecular weight is 326 g/mol. The smallest absolute Gasteiger partial charge is 0.124 e. The zero-order valence-electron chi connectivity index (χ0n) is 10.8. The van der Waals surface area contributed by atoms with Crippen LogP contribution in [0.25, 0.3) is 11.3 Å². The van der Waals surface area contributed by atoms with E-state index in [0.29, 0.717) is 11.0 Å². The molecule has 0 aliphatic heterocycles. The summed E-state index contributed by atoms with van der Waals surface area (Å²) < 4.78 is 13.8. The zero-order valence-corrected chi connectivity index (χ0v) is 12.4. The number of rotatable bonds is 5. The minimum atomic E-state index is -0.263. The summed E-state index contributed by atoms with van der Waals surface area (Å²) in [5, 5.41) is 0. The van der Waals surface area contributed by atoms with Crippen molar-refractivity contribution in [3.05, 3.63) is 40.5 Å². The molecule has 1 unspecified atom stereocenters. The van der Waals surface area contributed by atoms with E-state index in [0.717, 1.165) is 29.9 Å². The number of hydrogen-bond donors (Lipinski definition) is 2. The molecule has 2 aromatic rings. The minimum Gasteiger partial charge on any atom is -0.342 e. The van der Waals surface area contributed by atoms with Gasteiger partial charge in [0.25, 0.3) is 0 Å². The minimum absolute atomic E-state index is 0.248. The summed E-state index contributed by atoms with van der Waals surface area (Å²) in [5.41, 5.74) is 7.54. The third-order valence-corrected chi connectivity index (χ3v) is 3.78. The first-order chi connectivity index (χ1) is 9.15. The normalized spacial score (nSPS) is 12.6. The highest BCUT2D eigenvalue weighted by atomic mass is 79.9. The molecule has 0 fully saturated rings. The van der Waals surface area contributed by atoms with Crippen molar-refractivity contribution in [1.82, 2.24) is 9.97 Å². The highest BCUT2D eigenvalue weighted by Crippen LogP contribution is 2.29. The van der Waals surface area contributed by atoms with Crippen LogP contribution in [0.1, 0.15) is 31.5 Å². The summed E-state index contributed by atoms with van der Waals surface area (Å²) in [6, 6.07) is 4.61. The second kappa shape index (κ2) is 6.30. The van der Waals surface area contributed by atoms with Crippen molar-refractivity contribution in [3.8, 4) is 11.3 Å². The molecule has 1 atom stereocenters. The van der Waals surface area contributed by atoms with Gasteiger partial charge in [-0.15, -0.1) is 0 Å². The third-order valence-electron chi connectivity index (χ3n) is 3.13. The number of nitrogens with two attached hydrogens (primary N) is 1. The lowest BCUT2D eigenvalue weighted by Crippen LogP contribution is -2.13. The molecule has 2 rings (SSSR count). The maximum Gasteiger partial charge on any atom is 0.124 e. The average Bonchev–Trinajstić information content (AvgIpc) is 2.85. The van der Waals surface area contributed by atoms with Gasteiger partial charge in [0.05, 0.1) is 11.9 Å². The van der Waals surface area contributed by atoms with E-state index in [4.69, 9.17) is 5.73 Å². The van der Waals surface area contributed by atoms with Crippen LogP contribution in [-0.2, 0) is 0 Å². The van der Waals surface area contributed by atoms with Crippen molar-refractivity contribution in [2.45, 2.75) is 25.7 Å². The van der Waals surface area contributed by atoms with Gasteiger partial charge in [-0.25, -0.2) is 9.37 Å². The SMILES string of the molecule is CCCC(CN)c1ncc(-c2ccc(F)cc2Br)[nH]1. The number of benzene rings is 1. The quantitative estimate of drug-likeness (QED) is 0.877. The van der Waals surface area contributed by atoms with Crippen molar-refractivity contribution < 1.29 is 4.39 Å². The number of imidazole rings is 1. The lowest BCUT2D eigenvalue weighted by atomic mass is 10.0. The maximum absolute atomic E-state index is 13.1. The van der Waals surface area contributed by atoms with Gasteiger partial charge in [0, 0.05) is 22.5 Å². The van der Waals surface area contributed by atoms with E-state index in [1.807, 2.05) is 0 Å². The van der Waals surface area contributed by atoms with Crippen LogP contribution in [0.5, 0.6) is 0 Å². The van der Waals surface area contributed by atoms with E-state index in [1.165, 1.54) is 12.1 Å². The summed E-state index contributed by atoms with van der Waals surface area (Å²) in [6.07, 6.45) is 3.85. The third kappa shape index (κ3) is 3.22. The second-order valence-electron chi connectivity index (χ2n) is 4.53. The molecule has 0 saturated carbocycles. The van der Waals surface area contributed by atoms with E-state index >= 15 is 0 Å². The van der Waals surface area contributed by atoms with Gasteiger partial charge in [0.15, 0.2) is 0 Å². The number of aromatic nitrogens is 2. The molecule has 1 aromatic heterocycles. The molecule has 3 nitrogen and oxygen atoms in total. The van der Waals surface area contributed by atoms with Crippen molar-refractivity contribution in [2.75, 3.05) is 6.54 Å². The lowest BCUT2D eigenvalue weighted by Gasteiger charge is -2.10. The molecule has 0 aliphatic rings. The Labute approximate surface area is 120 Å². The lowest BCUT2D eigenvalue weighted by molar-refractivity contribution is 0.595. The Morgan fingerprint density at radius 1 is 1.47 bits per heavy atom. The van der Waals surface area contributed by atoms with Crippen LogP contribution in [0.4, 0.5) is 4.39 Å². The summed E-state index contributed by atoms with van der Waals surface area (Å²) >= 11 is 3.37. The van der Waals surface area contributed by atoms with Gasteiger partial charge in [-0.3, -0.25) is 0 Å². The highest BCUT2D eigenvalue weighted by molar-refractivity contribution is 9.10. The van der Waals surface area contributed by atoms with Crippen LogP contribution >= 0.6 is 15.9 Å². The molecule has 0 radical (unpaired) electrons. The molecule has 0 amide bonds. The molecule has 0 spiro atoms. The monoisotopic (exact) mass is 325 g/mol. The Morgan fingerprint density at radius 2 is 2.26 bits per heavy atom. The second-order valence-corrected chi connectivity index (χ2v) is 5.38. The van der Waals surface area contributed by atoms with Crippen LogP contribution in [0.2, 0.25) is 0 Å². The van der Waals surface area contributed by atoms with Crippen LogP contribution in [0.3, 0.4) is 0 Å². The Balaban J connectivity index is 2.29. The number of aromatic amines is 1. The van der Waals surface area contributed by atoms with E-state index in [2.05, 4.69) is 32.8 Å². The van der Waals surface area contributed by atoms with E-state index in [1.54, 1.807) is 12.3 Å². The van der Waals surface area contributed by atoms with E-state index < -0.39 is 0 Å². The largest absolute Gasteiger partial charge is 0.342 e. The predicted octanol–water partition coefficient (Wildman–Crippen LogP) is 3.82. The first-order valence-corrected chi connectivity index (χ1v) is 7.15. The van der Waals surface area contributed by atoms with E-state index in [9.17, 15) is 4.39 Å². The Kier molecular flexibility index (Phi) is 4.71. The molecule has 19 heavy (non-hydrogen) atoms. The fourth-order valence-corrected chi connectivity index (χ4v) is 2.67. The maximum atomic E-state index is 13.1. The number of nitrogens with zero attached hydrogens (tertiary/aromatic N) is 1. The van der Waals surface area contributed by atoms with Gasteiger partial charge in [-0.2, -0.15) is 0 Å². The van der Waals surface area contributed by atoms with Crippen LogP contribution in [-0.4, -0.2) is 16.5 Å². The molecule has 1 aromatic carbocycles. The Bertz CT molecular complexity index is 553. The van der Waals surface area contributed by atoms with Crippen molar-refractivity contribution in [1.29, 1.82) is 0 Å². The zero-order chi connectivity index (χ0) is 13.8. The molecule has 1 heterocycles. The van der Waals surface area contributed by atoms with Gasteiger partial charge in [0.1, 0.15) is 11.6 Å². The predicted molar refractivity (Wildman–Crippen MR) is 78.4 cm³/mol. The molecule has 0 saturated heterocycles. The van der Waals surface area contributed by atoms with Crippen LogP contribution in [0.15, 0.2) is 28.9 Å². The molecular weight excluding hydrogens is 309 g/mol. The number of hydrogen-bond acceptors (Lipinski definition) is 2. The topological polar surface area (TPSA) is 54.7 Å². The molecule has 0 aliphatic carbocycles. The summed E-state index contributed by atoms with van der Waals surface area (Å²) in [4.78, 5) is 7.68. The van der Waals surface area contributed by atoms with Gasteiger partial charge in [-0.1, -0.05) is 13.3 Å². The number of halogens is 2. The fraction of sp³-hybridized carbons (Fsp3) is 0.357. The van der Waals surface area contributed by atoms with E-state index in [-0.39, 0.29) is 11.7 Å². The van der Waals surface area contributed by atoms with Crippen molar-refractivity contribution in [3.63, 3.8) is 0 Å². The summed E-state index contributed by atoms with van der Waals surface area (Å²) in [7, 11) is 0. The highest BCUT2D eigenvalue weighted by Gasteiger charge is 2.14. The molecule has 102 valence electrons. The van der Waals surface area contributed by atoms with Gasteiger partial charge < -0.3 is 10.7 Å². The molecule has 3 N–H and O–H groups in total. The molecule has 5 heteroatoms. The summed E-state index contributed by atoms with van der Waals surface area (Å²) in [5.74, 6) is 0.884. The van der Waals surface area contributed by atoms with Crippen LogP contribution < -0.4 is 5.73 Å². The van der Waals surface area contributed by atoms with Gasteiger partial charge >= 0.3 is 0 Å². The summed E-state index contributed by atoms with van der Waals surface area (Å²) in [6.45, 7) is 2.70. The first-order valence-electron chi connectivity index (χ1n) is 6.36. The Hall–Kier alpha value is -1.20. The number of H-pyrrole nitrogens is 1. The number of nitrogens with one attached hydrogen (secondary N) is 1. The van der Waals surface area contributed by atoms with Crippen molar-refractivity contribution in [2.24, 2.45) is 5.73 Å². The van der Waals surface area contributed by atoms with Gasteiger partial charge in [0.2, 0.25) is 0 Å². The molecule has 0 bridgehead atoms. The Morgan fingerprint density at radius 3 is 2.89 bits per heavy atom. The molecular formula is C14H17BrFN3. The standard InChI is InChI=1S/C14H17BrFN3/c1-2-3-9(7-17)14-18-8-13(19-14)11-5-4-10(16)6-12(11)15/h4-6,8-9H,2-3,7,17H2,1H3,(H,18,19). The fourth-order valence-electron chi connectivity index (χ4n) is 2.10. The van der Waals surface area contributed by atoms with Crippen molar-refractivity contribution >= 4 is 15.9 Å². The van der Waals surface area contributed by atoms with Crippen LogP contribution in [0, 0.1) is 5.82 Å². The first kappa shape index (κ1) is 14.2. The van der Waals surface area contributed by atoms with Gasteiger partial charge in [-0.05, 0) is 40.5 Å².